The normalized spacial score (nSPS) is 10.2. The topological polar surface area (TPSA) is 17.3 Å². The van der Waals surface area contributed by atoms with Crippen LogP contribution in [0.25, 0.3) is 11.6 Å². The molecule has 0 radical (unpaired) electrons. The van der Waals surface area contributed by atoms with Crippen LogP contribution < -0.4 is 0 Å². The fourth-order valence-electron chi connectivity index (χ4n) is 1.08. The Morgan fingerprint density at radius 1 is 1.55 bits per heavy atom. The predicted octanol–water partition coefficient (Wildman–Crippen LogP) is 1.98. The van der Waals surface area contributed by atoms with E-state index in [1.54, 1.807) is 6.20 Å². The molecule has 0 atom stereocenters. The quantitative estimate of drug-likeness (QED) is 0.598. The summed E-state index contributed by atoms with van der Waals surface area (Å²) in [5.41, 5.74) is 2.20. The zero-order chi connectivity index (χ0) is 7.68. The molecule has 0 bridgehead atoms. The van der Waals surface area contributed by atoms with Gasteiger partial charge in [0.05, 0.1) is 5.52 Å². The van der Waals surface area contributed by atoms with Crippen LogP contribution in [0.1, 0.15) is 5.56 Å². The number of hydrogen-bond acceptors (Lipinski definition) is 1. The summed E-state index contributed by atoms with van der Waals surface area (Å²) in [4.78, 5) is 0. The molecular formula is C9H8N2. The molecule has 0 aliphatic heterocycles. The highest BCUT2D eigenvalue weighted by Crippen LogP contribution is 2.07. The molecule has 0 aromatic carbocycles. The molecule has 2 heterocycles. The first-order valence-electron chi connectivity index (χ1n) is 3.46. The maximum Gasteiger partial charge on any atom is 0.0652 e. The van der Waals surface area contributed by atoms with E-state index in [-0.39, 0.29) is 0 Å². The summed E-state index contributed by atoms with van der Waals surface area (Å²) in [5.74, 6) is 0. The molecule has 2 nitrogen and oxygen atoms in total. The van der Waals surface area contributed by atoms with Crippen molar-refractivity contribution < 1.29 is 0 Å². The Balaban J connectivity index is 2.78. The van der Waals surface area contributed by atoms with Crippen LogP contribution in [0.15, 0.2) is 37.2 Å². The Labute approximate surface area is 64.8 Å². The van der Waals surface area contributed by atoms with Gasteiger partial charge in [0, 0.05) is 12.4 Å². The van der Waals surface area contributed by atoms with Gasteiger partial charge >= 0.3 is 0 Å². The van der Waals surface area contributed by atoms with E-state index in [9.17, 15) is 0 Å². The van der Waals surface area contributed by atoms with Crippen molar-refractivity contribution in [1.29, 1.82) is 0 Å². The van der Waals surface area contributed by atoms with Crippen molar-refractivity contribution in [3.8, 4) is 0 Å². The first kappa shape index (κ1) is 6.16. The summed E-state index contributed by atoms with van der Waals surface area (Å²) in [6.45, 7) is 3.69. The lowest BCUT2D eigenvalue weighted by atomic mass is 10.3. The monoisotopic (exact) mass is 144 g/mol. The SMILES string of the molecule is C=Cc1cc2cccnn2c1. The Hall–Kier alpha value is -1.57. The smallest absolute Gasteiger partial charge is 0.0652 e. The van der Waals surface area contributed by atoms with Crippen molar-refractivity contribution in [2.45, 2.75) is 0 Å². The van der Waals surface area contributed by atoms with E-state index in [2.05, 4.69) is 11.7 Å². The molecule has 0 spiro atoms. The number of rotatable bonds is 1. The van der Waals surface area contributed by atoms with Gasteiger partial charge in [-0.15, -0.1) is 0 Å². The first-order valence-corrected chi connectivity index (χ1v) is 3.46. The molecule has 0 N–H and O–H groups in total. The second-order valence-electron chi connectivity index (χ2n) is 2.37. The van der Waals surface area contributed by atoms with Gasteiger partial charge in [-0.1, -0.05) is 12.7 Å². The minimum absolute atomic E-state index is 1.10. The molecule has 0 unspecified atom stereocenters. The molecule has 0 fully saturated rings. The molecule has 2 heteroatoms. The standard InChI is InChI=1S/C9H8N2/c1-2-8-6-9-4-3-5-10-11(9)7-8/h2-7H,1H2. The Morgan fingerprint density at radius 2 is 2.45 bits per heavy atom. The van der Waals surface area contributed by atoms with E-state index in [1.807, 2.05) is 35.0 Å². The Bertz CT molecular complexity index is 354. The van der Waals surface area contributed by atoms with Gasteiger partial charge in [-0.25, -0.2) is 4.52 Å². The van der Waals surface area contributed by atoms with Gasteiger partial charge in [0.1, 0.15) is 0 Å². The second kappa shape index (κ2) is 2.23. The second-order valence-corrected chi connectivity index (χ2v) is 2.37. The molecule has 0 amide bonds. The maximum absolute atomic E-state index is 4.12. The molecule has 0 saturated carbocycles. The van der Waals surface area contributed by atoms with Crippen LogP contribution in [0, 0.1) is 0 Å². The Kier molecular flexibility index (Phi) is 1.25. The molecule has 2 aromatic heterocycles. The highest BCUT2D eigenvalue weighted by Gasteiger charge is 1.93. The zero-order valence-electron chi connectivity index (χ0n) is 6.07. The van der Waals surface area contributed by atoms with Crippen LogP contribution in [-0.2, 0) is 0 Å². The van der Waals surface area contributed by atoms with E-state index in [0.29, 0.717) is 0 Å². The highest BCUT2D eigenvalue weighted by atomic mass is 15.2. The number of nitrogens with zero attached hydrogens (tertiary/aromatic N) is 2. The highest BCUT2D eigenvalue weighted by molar-refractivity contribution is 5.58. The fourth-order valence-corrected chi connectivity index (χ4v) is 1.08. The van der Waals surface area contributed by atoms with Gasteiger partial charge in [-0.2, -0.15) is 5.10 Å². The summed E-state index contributed by atoms with van der Waals surface area (Å²) in [6.07, 6.45) is 5.52. The number of fused-ring (bicyclic) bond motifs is 1. The molecule has 0 aliphatic rings. The predicted molar refractivity (Wildman–Crippen MR) is 45.3 cm³/mol. The average molecular weight is 144 g/mol. The minimum Gasteiger partial charge on any atom is -0.240 e. The van der Waals surface area contributed by atoms with Crippen LogP contribution >= 0.6 is 0 Å². The van der Waals surface area contributed by atoms with Gasteiger partial charge in [0.2, 0.25) is 0 Å². The third kappa shape index (κ3) is 0.923. The van der Waals surface area contributed by atoms with Crippen LogP contribution in [0.2, 0.25) is 0 Å². The van der Waals surface area contributed by atoms with E-state index < -0.39 is 0 Å². The van der Waals surface area contributed by atoms with Crippen molar-refractivity contribution >= 4 is 11.6 Å². The summed E-state index contributed by atoms with van der Waals surface area (Å²) in [5, 5.41) is 4.12. The lowest BCUT2D eigenvalue weighted by molar-refractivity contribution is 0.940. The van der Waals surface area contributed by atoms with Crippen LogP contribution in [0.4, 0.5) is 0 Å². The van der Waals surface area contributed by atoms with Crippen LogP contribution in [0.3, 0.4) is 0 Å². The van der Waals surface area contributed by atoms with E-state index in [1.165, 1.54) is 0 Å². The van der Waals surface area contributed by atoms with Gasteiger partial charge < -0.3 is 0 Å². The van der Waals surface area contributed by atoms with Crippen molar-refractivity contribution in [3.05, 3.63) is 42.7 Å². The van der Waals surface area contributed by atoms with Gasteiger partial charge in [-0.05, 0) is 23.8 Å². The van der Waals surface area contributed by atoms with Crippen molar-refractivity contribution in [2.24, 2.45) is 0 Å². The number of hydrogen-bond donors (Lipinski definition) is 0. The average Bonchev–Trinajstić information content (AvgIpc) is 2.46. The molecule has 2 rings (SSSR count). The van der Waals surface area contributed by atoms with Crippen molar-refractivity contribution in [1.82, 2.24) is 9.61 Å². The van der Waals surface area contributed by atoms with Gasteiger partial charge in [-0.3, -0.25) is 0 Å². The third-order valence-corrected chi connectivity index (χ3v) is 1.63. The number of aromatic nitrogens is 2. The van der Waals surface area contributed by atoms with Gasteiger partial charge in [0.25, 0.3) is 0 Å². The molecule has 0 aliphatic carbocycles. The largest absolute Gasteiger partial charge is 0.240 e. The van der Waals surface area contributed by atoms with Crippen molar-refractivity contribution in [3.63, 3.8) is 0 Å². The zero-order valence-corrected chi connectivity index (χ0v) is 6.07. The van der Waals surface area contributed by atoms with Crippen LogP contribution in [-0.4, -0.2) is 9.61 Å². The third-order valence-electron chi connectivity index (χ3n) is 1.63. The first-order chi connectivity index (χ1) is 5.40. The Morgan fingerprint density at radius 3 is 3.18 bits per heavy atom. The van der Waals surface area contributed by atoms with E-state index >= 15 is 0 Å². The lowest BCUT2D eigenvalue weighted by Crippen LogP contribution is -1.84. The summed E-state index contributed by atoms with van der Waals surface area (Å²) >= 11 is 0. The maximum atomic E-state index is 4.12. The van der Waals surface area contributed by atoms with Gasteiger partial charge in [0.15, 0.2) is 0 Å². The molecule has 2 aromatic rings. The molecular weight excluding hydrogens is 136 g/mol. The van der Waals surface area contributed by atoms with Crippen molar-refractivity contribution in [2.75, 3.05) is 0 Å². The summed E-state index contributed by atoms with van der Waals surface area (Å²) in [6, 6.07) is 5.97. The minimum atomic E-state index is 1.10. The lowest BCUT2D eigenvalue weighted by Gasteiger charge is -1.87. The van der Waals surface area contributed by atoms with Crippen LogP contribution in [0.5, 0.6) is 0 Å². The fraction of sp³-hybridized carbons (Fsp3) is 0. The summed E-state index contributed by atoms with van der Waals surface area (Å²) < 4.78 is 1.83. The summed E-state index contributed by atoms with van der Waals surface area (Å²) in [7, 11) is 0. The van der Waals surface area contributed by atoms with E-state index in [0.717, 1.165) is 11.1 Å². The molecule has 11 heavy (non-hydrogen) atoms. The van der Waals surface area contributed by atoms with E-state index in [4.69, 9.17) is 0 Å². The molecule has 54 valence electrons. The molecule has 0 saturated heterocycles.